The summed E-state index contributed by atoms with van der Waals surface area (Å²) >= 11 is 0. The number of nitrogens with one attached hydrogen (secondary N) is 1. The van der Waals surface area contributed by atoms with Crippen molar-refractivity contribution in [3.63, 3.8) is 0 Å². The minimum absolute atomic E-state index is 0.406. The number of fused-ring (bicyclic) bond motifs is 1. The number of rotatable bonds is 4. The molecule has 112 valence electrons. The molecule has 4 rings (SSSR count). The molecule has 0 unspecified atom stereocenters. The van der Waals surface area contributed by atoms with E-state index in [-0.39, 0.29) is 0 Å². The molecule has 0 spiro atoms. The van der Waals surface area contributed by atoms with E-state index in [2.05, 4.69) is 43.8 Å². The monoisotopic (exact) mass is 303 g/mol. The molecule has 0 aliphatic heterocycles. The Bertz CT molecular complexity index is 914. The Morgan fingerprint density at radius 3 is 2.70 bits per heavy atom. The molecule has 4 aromatic rings. The lowest BCUT2D eigenvalue weighted by atomic mass is 10.1. The number of benzene rings is 2. The molecular weight excluding hydrogens is 290 g/mol. The van der Waals surface area contributed by atoms with Crippen molar-refractivity contribution >= 4 is 10.8 Å². The molecule has 0 fully saturated rings. The summed E-state index contributed by atoms with van der Waals surface area (Å²) in [5, 5.41) is 15.9. The van der Waals surface area contributed by atoms with Crippen molar-refractivity contribution in [2.24, 2.45) is 0 Å². The Kier molecular flexibility index (Phi) is 3.40. The van der Waals surface area contributed by atoms with Crippen LogP contribution < -0.4 is 4.74 Å². The molecule has 0 aliphatic carbocycles. The smallest absolute Gasteiger partial charge is 0.180 e. The second kappa shape index (κ2) is 5.84. The number of aromatic amines is 1. The van der Waals surface area contributed by atoms with Crippen LogP contribution >= 0.6 is 0 Å². The van der Waals surface area contributed by atoms with Gasteiger partial charge in [-0.05, 0) is 34.0 Å². The van der Waals surface area contributed by atoms with Gasteiger partial charge >= 0.3 is 0 Å². The standard InChI is InChI=1S/C17H13N5O/c1-2-6-15-12(4-1)5-3-7-16(15)23-11-14-9-8-13(10-18-14)17-19-21-22-20-17/h1-10H,11H2,(H,19,20,21,22). The van der Waals surface area contributed by atoms with Crippen molar-refractivity contribution < 1.29 is 4.74 Å². The summed E-state index contributed by atoms with van der Waals surface area (Å²) in [5.41, 5.74) is 1.68. The van der Waals surface area contributed by atoms with Crippen molar-refractivity contribution in [3.05, 3.63) is 66.5 Å². The zero-order chi connectivity index (χ0) is 15.5. The first-order chi connectivity index (χ1) is 11.4. The lowest BCUT2D eigenvalue weighted by Gasteiger charge is -2.09. The number of aromatic nitrogens is 5. The second-order valence-corrected chi connectivity index (χ2v) is 5.05. The number of tetrazole rings is 1. The molecule has 0 atom stereocenters. The topological polar surface area (TPSA) is 76.6 Å². The quantitative estimate of drug-likeness (QED) is 0.627. The van der Waals surface area contributed by atoms with Crippen molar-refractivity contribution in [1.29, 1.82) is 0 Å². The molecule has 0 radical (unpaired) electrons. The average molecular weight is 303 g/mol. The molecule has 6 heteroatoms. The van der Waals surface area contributed by atoms with Crippen LogP contribution in [-0.2, 0) is 6.61 Å². The summed E-state index contributed by atoms with van der Waals surface area (Å²) in [6, 6.07) is 18.0. The third kappa shape index (κ3) is 2.74. The minimum atomic E-state index is 0.406. The van der Waals surface area contributed by atoms with Gasteiger partial charge in [0.05, 0.1) is 5.69 Å². The van der Waals surface area contributed by atoms with Crippen molar-refractivity contribution in [1.82, 2.24) is 25.6 Å². The molecule has 0 saturated carbocycles. The van der Waals surface area contributed by atoms with E-state index in [1.54, 1.807) is 6.20 Å². The Hall–Kier alpha value is -3.28. The van der Waals surface area contributed by atoms with Crippen LogP contribution in [0.25, 0.3) is 22.2 Å². The van der Waals surface area contributed by atoms with E-state index < -0.39 is 0 Å². The average Bonchev–Trinajstić information content (AvgIpc) is 3.15. The molecule has 0 saturated heterocycles. The summed E-state index contributed by atoms with van der Waals surface area (Å²) in [5.74, 6) is 1.45. The highest BCUT2D eigenvalue weighted by Crippen LogP contribution is 2.25. The van der Waals surface area contributed by atoms with Gasteiger partial charge in [-0.1, -0.05) is 36.4 Å². The zero-order valence-electron chi connectivity index (χ0n) is 12.2. The second-order valence-electron chi connectivity index (χ2n) is 5.05. The summed E-state index contributed by atoms with van der Waals surface area (Å²) in [6.07, 6.45) is 1.73. The van der Waals surface area contributed by atoms with E-state index in [1.165, 1.54) is 0 Å². The lowest BCUT2D eigenvalue weighted by Crippen LogP contribution is -1.98. The van der Waals surface area contributed by atoms with E-state index >= 15 is 0 Å². The van der Waals surface area contributed by atoms with Crippen LogP contribution in [-0.4, -0.2) is 25.6 Å². The van der Waals surface area contributed by atoms with Crippen LogP contribution in [0.4, 0.5) is 0 Å². The van der Waals surface area contributed by atoms with Gasteiger partial charge in [-0.3, -0.25) is 4.98 Å². The third-order valence-electron chi connectivity index (χ3n) is 3.57. The van der Waals surface area contributed by atoms with Crippen LogP contribution in [0.5, 0.6) is 5.75 Å². The Balaban J connectivity index is 1.52. The SMILES string of the molecule is c1ccc2c(OCc3ccc(-c4nnn[nH]4)cn3)cccc2c1. The number of hydrogen-bond acceptors (Lipinski definition) is 5. The lowest BCUT2D eigenvalue weighted by molar-refractivity contribution is 0.305. The van der Waals surface area contributed by atoms with Gasteiger partial charge in [-0.2, -0.15) is 0 Å². The van der Waals surface area contributed by atoms with Crippen LogP contribution in [0.3, 0.4) is 0 Å². The molecule has 0 aliphatic rings. The largest absolute Gasteiger partial charge is 0.487 e. The Labute approximate surface area is 132 Å². The van der Waals surface area contributed by atoms with Crippen molar-refractivity contribution in [3.8, 4) is 17.1 Å². The highest BCUT2D eigenvalue weighted by molar-refractivity contribution is 5.88. The van der Waals surface area contributed by atoms with Gasteiger partial charge in [-0.15, -0.1) is 5.10 Å². The van der Waals surface area contributed by atoms with E-state index in [0.717, 1.165) is 27.8 Å². The number of pyridine rings is 1. The first-order valence-corrected chi connectivity index (χ1v) is 7.20. The highest BCUT2D eigenvalue weighted by atomic mass is 16.5. The van der Waals surface area contributed by atoms with Crippen molar-refractivity contribution in [2.45, 2.75) is 6.61 Å². The van der Waals surface area contributed by atoms with E-state index in [4.69, 9.17) is 4.74 Å². The summed E-state index contributed by atoms with van der Waals surface area (Å²) in [4.78, 5) is 4.39. The van der Waals surface area contributed by atoms with Gasteiger partial charge in [0.2, 0.25) is 0 Å². The van der Waals surface area contributed by atoms with Crippen LogP contribution in [0.15, 0.2) is 60.8 Å². The maximum atomic E-state index is 5.93. The van der Waals surface area contributed by atoms with Gasteiger partial charge in [0.15, 0.2) is 5.82 Å². The highest BCUT2D eigenvalue weighted by Gasteiger charge is 2.05. The van der Waals surface area contributed by atoms with Gasteiger partial charge < -0.3 is 4.74 Å². The Morgan fingerprint density at radius 1 is 0.957 bits per heavy atom. The van der Waals surface area contributed by atoms with Crippen LogP contribution in [0, 0.1) is 0 Å². The fourth-order valence-corrected chi connectivity index (χ4v) is 2.40. The van der Waals surface area contributed by atoms with Crippen LogP contribution in [0.2, 0.25) is 0 Å². The van der Waals surface area contributed by atoms with Gasteiger partial charge in [0.1, 0.15) is 12.4 Å². The van der Waals surface area contributed by atoms with Crippen LogP contribution in [0.1, 0.15) is 5.69 Å². The molecule has 2 aromatic heterocycles. The predicted octanol–water partition coefficient (Wildman–Crippen LogP) is 2.99. The Morgan fingerprint density at radius 2 is 1.87 bits per heavy atom. The predicted molar refractivity (Wildman–Crippen MR) is 85.7 cm³/mol. The maximum absolute atomic E-state index is 5.93. The third-order valence-corrected chi connectivity index (χ3v) is 3.57. The van der Waals surface area contributed by atoms with Gasteiger partial charge in [0, 0.05) is 17.1 Å². The number of hydrogen-bond donors (Lipinski definition) is 1. The number of H-pyrrole nitrogens is 1. The molecule has 2 heterocycles. The summed E-state index contributed by atoms with van der Waals surface area (Å²) < 4.78 is 5.93. The fourth-order valence-electron chi connectivity index (χ4n) is 2.40. The minimum Gasteiger partial charge on any atom is -0.487 e. The normalized spacial score (nSPS) is 10.8. The maximum Gasteiger partial charge on any atom is 0.180 e. The zero-order valence-corrected chi connectivity index (χ0v) is 12.2. The van der Waals surface area contributed by atoms with Gasteiger partial charge in [-0.25, -0.2) is 5.10 Å². The fraction of sp³-hybridized carbons (Fsp3) is 0.0588. The molecule has 23 heavy (non-hydrogen) atoms. The number of nitrogens with zero attached hydrogens (tertiary/aromatic N) is 4. The first kappa shape index (κ1) is 13.4. The summed E-state index contributed by atoms with van der Waals surface area (Å²) in [7, 11) is 0. The van der Waals surface area contributed by atoms with Gasteiger partial charge in [0.25, 0.3) is 0 Å². The molecule has 1 N–H and O–H groups in total. The van der Waals surface area contributed by atoms with E-state index in [0.29, 0.717) is 12.4 Å². The molecular formula is C17H13N5O. The van der Waals surface area contributed by atoms with E-state index in [1.807, 2.05) is 36.4 Å². The molecule has 0 bridgehead atoms. The number of ether oxygens (including phenoxy) is 1. The molecule has 6 nitrogen and oxygen atoms in total. The molecule has 2 aromatic carbocycles. The van der Waals surface area contributed by atoms with Crippen molar-refractivity contribution in [2.75, 3.05) is 0 Å². The van der Waals surface area contributed by atoms with E-state index in [9.17, 15) is 0 Å². The molecule has 0 amide bonds. The first-order valence-electron chi connectivity index (χ1n) is 7.20. The summed E-state index contributed by atoms with van der Waals surface area (Å²) in [6.45, 7) is 0.406.